The number of anilines is 6. The lowest BCUT2D eigenvalue weighted by Gasteiger charge is -2.27. The van der Waals surface area contributed by atoms with Crippen molar-refractivity contribution in [1.29, 1.82) is 0 Å². The Balaban J connectivity index is 0.961. The minimum absolute atomic E-state index is 0.873. The highest BCUT2D eigenvalue weighted by Crippen LogP contribution is 2.47. The van der Waals surface area contributed by atoms with Gasteiger partial charge in [-0.1, -0.05) is 158 Å². The van der Waals surface area contributed by atoms with E-state index in [1.807, 2.05) is 0 Å². The van der Waals surface area contributed by atoms with Gasteiger partial charge in [-0.05, 0) is 136 Å². The molecule has 1 aliphatic carbocycles. The summed E-state index contributed by atoms with van der Waals surface area (Å²) in [4.78, 5) is 4.74. The lowest BCUT2D eigenvalue weighted by atomic mass is 9.96. The molecule has 4 heteroatoms. The van der Waals surface area contributed by atoms with Crippen molar-refractivity contribution in [1.82, 2.24) is 0 Å². The van der Waals surface area contributed by atoms with Crippen LogP contribution < -0.4 is 9.80 Å². The number of furan rings is 1. The van der Waals surface area contributed by atoms with E-state index in [0.29, 0.717) is 0 Å². The van der Waals surface area contributed by atoms with Crippen molar-refractivity contribution >= 4 is 82.4 Å². The first kappa shape index (κ1) is 39.4. The first-order valence-electron chi connectivity index (χ1n) is 22.6. The Morgan fingerprint density at radius 2 is 0.818 bits per heavy atom. The molecule has 0 spiro atoms. The summed E-state index contributed by atoms with van der Waals surface area (Å²) in [6, 6.07) is 80.9. The van der Waals surface area contributed by atoms with Gasteiger partial charge < -0.3 is 14.2 Å². The molecule has 9 aromatic carbocycles. The molecule has 3 nitrogen and oxygen atoms in total. The summed E-state index contributed by atoms with van der Waals surface area (Å²) < 4.78 is 9.27. The summed E-state index contributed by atoms with van der Waals surface area (Å²) in [5, 5.41) is 2.23. The molecule has 0 N–H and O–H groups in total. The molecule has 12 rings (SSSR count). The lowest BCUT2D eigenvalue weighted by Crippen LogP contribution is -2.10. The fraction of sp³-hybridized carbons (Fsp3) is 0.0323. The molecule has 314 valence electrons. The number of benzene rings is 9. The molecule has 2 aromatic heterocycles. The highest BCUT2D eigenvalue weighted by molar-refractivity contribution is 7.26. The van der Waals surface area contributed by atoms with E-state index in [4.69, 9.17) is 4.42 Å². The molecule has 2 heterocycles. The van der Waals surface area contributed by atoms with Gasteiger partial charge in [0.1, 0.15) is 5.58 Å². The van der Waals surface area contributed by atoms with Crippen molar-refractivity contribution in [3.63, 3.8) is 0 Å². The number of thiophene rings is 1. The van der Waals surface area contributed by atoms with Gasteiger partial charge in [-0.3, -0.25) is 0 Å². The second-order valence-electron chi connectivity index (χ2n) is 16.9. The van der Waals surface area contributed by atoms with Crippen LogP contribution in [-0.4, -0.2) is 0 Å². The summed E-state index contributed by atoms with van der Waals surface area (Å²) >= 11 is 1.80. The maximum Gasteiger partial charge on any atom is 0.154 e. The smallest absolute Gasteiger partial charge is 0.154 e. The Hall–Kier alpha value is -8.18. The third-order valence-corrected chi connectivity index (χ3v) is 13.9. The van der Waals surface area contributed by atoms with E-state index in [1.165, 1.54) is 49.2 Å². The molecule has 0 saturated heterocycles. The number of hydrogen-bond acceptors (Lipinski definition) is 4. The van der Waals surface area contributed by atoms with Crippen LogP contribution in [0.1, 0.15) is 18.4 Å². The van der Waals surface area contributed by atoms with Gasteiger partial charge in [0.05, 0.1) is 4.70 Å². The fourth-order valence-electron chi connectivity index (χ4n) is 9.46. The lowest BCUT2D eigenvalue weighted by molar-refractivity contribution is 0.673. The molecule has 0 bridgehead atoms. The highest BCUT2D eigenvalue weighted by atomic mass is 32.1. The third kappa shape index (κ3) is 7.47. The first-order valence-corrected chi connectivity index (χ1v) is 23.4. The van der Waals surface area contributed by atoms with Crippen LogP contribution in [0, 0.1) is 0 Å². The van der Waals surface area contributed by atoms with Crippen LogP contribution in [0.4, 0.5) is 34.1 Å². The fourth-order valence-corrected chi connectivity index (χ4v) is 10.7. The van der Waals surface area contributed by atoms with Crippen LogP contribution in [-0.2, 0) is 0 Å². The van der Waals surface area contributed by atoms with Crippen molar-refractivity contribution < 1.29 is 4.42 Å². The minimum Gasteiger partial charge on any atom is -0.454 e. The molecule has 0 atom stereocenters. The molecule has 1 aliphatic rings. The number of nitrogens with zero attached hydrogens (tertiary/aromatic N) is 2. The SMILES string of the molecule is C1=CCCC(c2cccc(N(c3cccc(-c4ccccc4)c3)c3ccc4c(c3)oc3c5ccc(N(c6cccc(-c7ccccc7)c6)c6cccc(-c7ccccc7)c6)cc5sc43)c2)=C1. The van der Waals surface area contributed by atoms with Crippen LogP contribution >= 0.6 is 11.3 Å². The van der Waals surface area contributed by atoms with E-state index in [2.05, 4.69) is 252 Å². The predicted octanol–water partition coefficient (Wildman–Crippen LogP) is 18.5. The van der Waals surface area contributed by atoms with Crippen LogP contribution in [0.2, 0.25) is 0 Å². The zero-order valence-corrected chi connectivity index (χ0v) is 37.0. The molecule has 0 radical (unpaired) electrons. The van der Waals surface area contributed by atoms with Crippen LogP contribution in [0.25, 0.3) is 70.3 Å². The molecule has 0 amide bonds. The second kappa shape index (κ2) is 17.1. The molecule has 0 fully saturated rings. The average Bonchev–Trinajstić information content (AvgIpc) is 3.93. The maximum absolute atomic E-state index is 6.93. The third-order valence-electron chi connectivity index (χ3n) is 12.7. The Morgan fingerprint density at radius 3 is 1.32 bits per heavy atom. The Labute approximate surface area is 389 Å². The molecular weight excluding hydrogens is 821 g/mol. The largest absolute Gasteiger partial charge is 0.454 e. The summed E-state index contributed by atoms with van der Waals surface area (Å²) in [5.41, 5.74) is 18.0. The summed E-state index contributed by atoms with van der Waals surface area (Å²) in [7, 11) is 0. The maximum atomic E-state index is 6.93. The van der Waals surface area contributed by atoms with E-state index in [0.717, 1.165) is 73.6 Å². The van der Waals surface area contributed by atoms with Crippen molar-refractivity contribution in [2.75, 3.05) is 9.80 Å². The first-order chi connectivity index (χ1) is 32.7. The molecule has 0 aliphatic heterocycles. The van der Waals surface area contributed by atoms with E-state index < -0.39 is 0 Å². The summed E-state index contributed by atoms with van der Waals surface area (Å²) in [6.45, 7) is 0. The zero-order chi connectivity index (χ0) is 43.8. The molecule has 0 saturated carbocycles. The normalized spacial score (nSPS) is 12.5. The molecule has 66 heavy (non-hydrogen) atoms. The van der Waals surface area contributed by atoms with E-state index in [9.17, 15) is 0 Å². The standard InChI is InChI=1S/C62H44N2OS/c1-5-17-43(18-6-1)47-25-13-29-51(37-47)63(52-30-14-26-48(38-52)44-19-7-2-8-20-44)55-33-35-57-59(41-55)65-61-58-36-34-56(42-60(58)66-62(57)61)64(53-31-15-27-49(39-53)45-21-9-3-10-22-45)54-32-16-28-50(40-54)46-23-11-4-12-24-46/h1-7,9-19,21-42H,8,20H2. The van der Waals surface area contributed by atoms with Crippen LogP contribution in [0.15, 0.2) is 247 Å². The van der Waals surface area contributed by atoms with E-state index in [-0.39, 0.29) is 0 Å². The second-order valence-corrected chi connectivity index (χ2v) is 17.9. The topological polar surface area (TPSA) is 19.6 Å². The summed E-state index contributed by atoms with van der Waals surface area (Å²) in [6.07, 6.45) is 8.77. The van der Waals surface area contributed by atoms with E-state index in [1.54, 1.807) is 11.3 Å². The van der Waals surface area contributed by atoms with Crippen LogP contribution in [0.5, 0.6) is 0 Å². The van der Waals surface area contributed by atoms with Crippen molar-refractivity contribution in [3.8, 4) is 33.4 Å². The predicted molar refractivity (Wildman–Crippen MR) is 281 cm³/mol. The summed E-state index contributed by atoms with van der Waals surface area (Å²) in [5.74, 6) is 0. The zero-order valence-electron chi connectivity index (χ0n) is 36.2. The number of allylic oxidation sites excluding steroid dienone is 4. The van der Waals surface area contributed by atoms with Crippen molar-refractivity contribution in [2.24, 2.45) is 0 Å². The Morgan fingerprint density at radius 1 is 0.379 bits per heavy atom. The van der Waals surface area contributed by atoms with E-state index >= 15 is 0 Å². The minimum atomic E-state index is 0.873. The van der Waals surface area contributed by atoms with Gasteiger partial charge >= 0.3 is 0 Å². The van der Waals surface area contributed by atoms with Gasteiger partial charge in [0.25, 0.3) is 0 Å². The van der Waals surface area contributed by atoms with Gasteiger partial charge in [0.15, 0.2) is 5.58 Å². The van der Waals surface area contributed by atoms with Gasteiger partial charge in [-0.25, -0.2) is 0 Å². The Bertz CT molecular complexity index is 3520. The Kier molecular flexibility index (Phi) is 10.2. The average molecular weight is 865 g/mol. The quantitative estimate of drug-likeness (QED) is 0.137. The molecular formula is C62H44N2OS. The van der Waals surface area contributed by atoms with Gasteiger partial charge in [-0.2, -0.15) is 0 Å². The van der Waals surface area contributed by atoms with Gasteiger partial charge in [0.2, 0.25) is 0 Å². The number of rotatable bonds is 10. The van der Waals surface area contributed by atoms with Crippen molar-refractivity contribution in [2.45, 2.75) is 12.8 Å². The van der Waals surface area contributed by atoms with Gasteiger partial charge in [-0.15, -0.1) is 11.3 Å². The highest BCUT2D eigenvalue weighted by Gasteiger charge is 2.21. The van der Waals surface area contributed by atoms with Crippen molar-refractivity contribution in [3.05, 3.63) is 248 Å². The number of hydrogen-bond donors (Lipinski definition) is 0. The van der Waals surface area contributed by atoms with Crippen LogP contribution in [0.3, 0.4) is 0 Å². The monoisotopic (exact) mass is 864 g/mol. The number of fused-ring (bicyclic) bond motifs is 5. The van der Waals surface area contributed by atoms with Gasteiger partial charge in [0, 0.05) is 55.7 Å². The molecule has 11 aromatic rings. The molecule has 0 unspecified atom stereocenters.